The Morgan fingerprint density at radius 3 is 2.52 bits per heavy atom. The van der Waals surface area contributed by atoms with Gasteiger partial charge in [-0.05, 0) is 42.5 Å². The topological polar surface area (TPSA) is 97.4 Å². The largest absolute Gasteiger partial charge is 0.452 e. The Bertz CT molecular complexity index is 1070. The van der Waals surface area contributed by atoms with Crippen molar-refractivity contribution in [3.8, 4) is 0 Å². The number of ether oxygens (including phenoxy) is 1. The maximum Gasteiger partial charge on any atom is 0.331 e. The van der Waals surface area contributed by atoms with Crippen LogP contribution in [0.25, 0.3) is 17.0 Å². The summed E-state index contributed by atoms with van der Waals surface area (Å²) >= 11 is 0. The van der Waals surface area contributed by atoms with Gasteiger partial charge in [-0.25, -0.2) is 9.78 Å². The third-order valence-electron chi connectivity index (χ3n) is 4.01. The lowest BCUT2D eigenvalue weighted by atomic mass is 10.2. The van der Waals surface area contributed by atoms with Crippen LogP contribution in [0.4, 0.5) is 5.69 Å². The molecule has 0 spiro atoms. The number of pyridine rings is 1. The van der Waals surface area contributed by atoms with Crippen molar-refractivity contribution in [2.45, 2.75) is 0 Å². The molecule has 3 aromatic rings. The van der Waals surface area contributed by atoms with E-state index in [1.807, 2.05) is 30.3 Å². The minimum Gasteiger partial charge on any atom is -0.452 e. The maximum atomic E-state index is 11.9. The highest BCUT2D eigenvalue weighted by Gasteiger charge is 2.07. The first kappa shape index (κ1) is 19.8. The molecule has 0 aliphatic rings. The summed E-state index contributed by atoms with van der Waals surface area (Å²) in [5.41, 5.74) is 2.41. The molecular weight excluding hydrogens is 370 g/mol. The zero-order valence-corrected chi connectivity index (χ0v) is 15.7. The van der Waals surface area contributed by atoms with Gasteiger partial charge in [0.25, 0.3) is 11.8 Å². The standard InChI is InChI=1S/C22H19N3O4/c1-23-22(28)16-7-10-18(11-8-16)25-20(26)14-29-21(27)13-12-17-9-6-15-4-2-3-5-19(15)24-17/h2-13H,14H2,1H3,(H,23,28)(H,25,26)/b13-12+. The number of hydrogen-bond donors (Lipinski definition) is 2. The van der Waals surface area contributed by atoms with Crippen LogP contribution in [-0.2, 0) is 14.3 Å². The number of amides is 2. The van der Waals surface area contributed by atoms with Gasteiger partial charge in [-0.1, -0.05) is 24.3 Å². The summed E-state index contributed by atoms with van der Waals surface area (Å²) in [4.78, 5) is 39.6. The molecule has 2 aromatic carbocycles. The van der Waals surface area contributed by atoms with Gasteiger partial charge in [0.1, 0.15) is 0 Å². The summed E-state index contributed by atoms with van der Waals surface area (Å²) in [5, 5.41) is 6.11. The summed E-state index contributed by atoms with van der Waals surface area (Å²) in [7, 11) is 1.54. The van der Waals surface area contributed by atoms with Crippen LogP contribution in [0.3, 0.4) is 0 Å². The fourth-order valence-electron chi connectivity index (χ4n) is 2.56. The Morgan fingerprint density at radius 1 is 1.00 bits per heavy atom. The predicted molar refractivity (Wildman–Crippen MR) is 110 cm³/mol. The van der Waals surface area contributed by atoms with E-state index in [9.17, 15) is 14.4 Å². The highest BCUT2D eigenvalue weighted by molar-refractivity contribution is 5.96. The first-order valence-corrected chi connectivity index (χ1v) is 8.88. The molecule has 7 nitrogen and oxygen atoms in total. The number of nitrogens with zero attached hydrogens (tertiary/aromatic N) is 1. The summed E-state index contributed by atoms with van der Waals surface area (Å²) < 4.78 is 4.93. The highest BCUT2D eigenvalue weighted by atomic mass is 16.5. The van der Waals surface area contributed by atoms with Crippen molar-refractivity contribution in [2.75, 3.05) is 19.0 Å². The summed E-state index contributed by atoms with van der Waals surface area (Å²) in [6.45, 7) is -0.425. The van der Waals surface area contributed by atoms with Gasteiger partial charge in [0.2, 0.25) is 0 Å². The predicted octanol–water partition coefficient (Wildman–Crippen LogP) is 2.79. The van der Waals surface area contributed by atoms with E-state index in [2.05, 4.69) is 15.6 Å². The molecule has 0 saturated heterocycles. The fraction of sp³-hybridized carbons (Fsp3) is 0.0909. The second-order valence-electron chi connectivity index (χ2n) is 6.07. The molecule has 29 heavy (non-hydrogen) atoms. The van der Waals surface area contributed by atoms with Crippen LogP contribution in [0.2, 0.25) is 0 Å². The van der Waals surface area contributed by atoms with Gasteiger partial charge < -0.3 is 15.4 Å². The molecule has 0 saturated carbocycles. The number of fused-ring (bicyclic) bond motifs is 1. The quantitative estimate of drug-likeness (QED) is 0.499. The van der Waals surface area contributed by atoms with E-state index in [0.29, 0.717) is 16.9 Å². The molecule has 0 aliphatic heterocycles. The Balaban J connectivity index is 1.49. The molecule has 0 atom stereocenters. The third-order valence-corrected chi connectivity index (χ3v) is 4.01. The lowest BCUT2D eigenvalue weighted by Gasteiger charge is -2.06. The van der Waals surface area contributed by atoms with Crippen molar-refractivity contribution in [3.63, 3.8) is 0 Å². The van der Waals surface area contributed by atoms with Crippen LogP contribution < -0.4 is 10.6 Å². The van der Waals surface area contributed by atoms with E-state index < -0.39 is 18.5 Å². The Labute approximate surface area is 167 Å². The van der Waals surface area contributed by atoms with Crippen LogP contribution >= 0.6 is 0 Å². The van der Waals surface area contributed by atoms with E-state index in [4.69, 9.17) is 4.74 Å². The molecular formula is C22H19N3O4. The van der Waals surface area contributed by atoms with E-state index >= 15 is 0 Å². The smallest absolute Gasteiger partial charge is 0.331 e. The average Bonchev–Trinajstić information content (AvgIpc) is 2.76. The summed E-state index contributed by atoms with van der Waals surface area (Å²) in [5.74, 6) is -1.35. The van der Waals surface area contributed by atoms with E-state index in [-0.39, 0.29) is 5.91 Å². The van der Waals surface area contributed by atoms with E-state index in [0.717, 1.165) is 10.9 Å². The van der Waals surface area contributed by atoms with Crippen molar-refractivity contribution in [2.24, 2.45) is 0 Å². The Kier molecular flexibility index (Phi) is 6.32. The van der Waals surface area contributed by atoms with Crippen LogP contribution in [0.5, 0.6) is 0 Å². The number of esters is 1. The van der Waals surface area contributed by atoms with Gasteiger partial charge in [0.15, 0.2) is 6.61 Å². The molecule has 1 heterocycles. The number of nitrogens with one attached hydrogen (secondary N) is 2. The minimum absolute atomic E-state index is 0.218. The van der Waals surface area contributed by atoms with Crippen LogP contribution in [-0.4, -0.2) is 36.4 Å². The lowest BCUT2D eigenvalue weighted by molar-refractivity contribution is -0.142. The molecule has 0 aliphatic carbocycles. The molecule has 3 rings (SSSR count). The van der Waals surface area contributed by atoms with Crippen molar-refractivity contribution in [3.05, 3.63) is 78.0 Å². The first-order valence-electron chi connectivity index (χ1n) is 8.88. The Hall–Kier alpha value is -4.00. The number of carbonyl (C=O) groups excluding carboxylic acids is 3. The second kappa shape index (κ2) is 9.27. The van der Waals surface area contributed by atoms with E-state index in [1.165, 1.54) is 19.2 Å². The number of hydrogen-bond acceptors (Lipinski definition) is 5. The van der Waals surface area contributed by atoms with Crippen molar-refractivity contribution < 1.29 is 19.1 Å². The molecule has 0 radical (unpaired) electrons. The average molecular weight is 389 g/mol. The van der Waals surface area contributed by atoms with Gasteiger partial charge in [0, 0.05) is 29.8 Å². The zero-order valence-electron chi connectivity index (χ0n) is 15.7. The highest BCUT2D eigenvalue weighted by Crippen LogP contribution is 2.12. The zero-order chi connectivity index (χ0) is 20.6. The number of para-hydroxylation sites is 1. The van der Waals surface area contributed by atoms with Crippen molar-refractivity contribution in [1.82, 2.24) is 10.3 Å². The summed E-state index contributed by atoms with van der Waals surface area (Å²) in [6.07, 6.45) is 2.76. The van der Waals surface area contributed by atoms with E-state index in [1.54, 1.807) is 30.3 Å². The molecule has 2 N–H and O–H groups in total. The molecule has 2 amide bonds. The fourth-order valence-corrected chi connectivity index (χ4v) is 2.56. The first-order chi connectivity index (χ1) is 14.0. The number of carbonyl (C=O) groups is 3. The van der Waals surface area contributed by atoms with Crippen molar-refractivity contribution in [1.29, 1.82) is 0 Å². The number of benzene rings is 2. The van der Waals surface area contributed by atoms with Crippen molar-refractivity contribution >= 4 is 40.4 Å². The molecule has 0 unspecified atom stereocenters. The van der Waals surface area contributed by atoms with Gasteiger partial charge in [-0.2, -0.15) is 0 Å². The van der Waals surface area contributed by atoms with Gasteiger partial charge in [-0.15, -0.1) is 0 Å². The number of aromatic nitrogens is 1. The monoisotopic (exact) mass is 389 g/mol. The van der Waals surface area contributed by atoms with Crippen LogP contribution in [0.15, 0.2) is 66.7 Å². The normalized spacial score (nSPS) is 10.7. The van der Waals surface area contributed by atoms with Gasteiger partial charge in [-0.3, -0.25) is 9.59 Å². The summed E-state index contributed by atoms with van der Waals surface area (Å²) in [6, 6.07) is 17.7. The molecule has 0 bridgehead atoms. The number of rotatable bonds is 6. The third kappa shape index (κ3) is 5.49. The molecule has 146 valence electrons. The maximum absolute atomic E-state index is 11.9. The van der Waals surface area contributed by atoms with Crippen LogP contribution in [0.1, 0.15) is 16.1 Å². The minimum atomic E-state index is -0.648. The second-order valence-corrected chi connectivity index (χ2v) is 6.07. The SMILES string of the molecule is CNC(=O)c1ccc(NC(=O)COC(=O)/C=C/c2ccc3ccccc3n2)cc1. The van der Waals surface area contributed by atoms with Gasteiger partial charge in [0.05, 0.1) is 11.2 Å². The van der Waals surface area contributed by atoms with Crippen LogP contribution in [0, 0.1) is 0 Å². The Morgan fingerprint density at radius 2 is 1.76 bits per heavy atom. The molecule has 7 heteroatoms. The molecule has 0 fully saturated rings. The lowest BCUT2D eigenvalue weighted by Crippen LogP contribution is -2.20. The molecule has 1 aromatic heterocycles. The van der Waals surface area contributed by atoms with Gasteiger partial charge >= 0.3 is 5.97 Å². The number of anilines is 1.